The van der Waals surface area contributed by atoms with Crippen LogP contribution >= 0.6 is 11.8 Å². The van der Waals surface area contributed by atoms with Crippen molar-refractivity contribution in [2.45, 2.75) is 147 Å². The van der Waals surface area contributed by atoms with Gasteiger partial charge in [-0.05, 0) is 59.9 Å². The van der Waals surface area contributed by atoms with Gasteiger partial charge in [0.1, 0.15) is 48.3 Å². The van der Waals surface area contributed by atoms with Crippen molar-refractivity contribution in [3.05, 3.63) is 71.8 Å². The van der Waals surface area contributed by atoms with Crippen molar-refractivity contribution in [3.8, 4) is 0 Å². The third kappa shape index (κ3) is 19.0. The van der Waals surface area contributed by atoms with Crippen molar-refractivity contribution >= 4 is 111 Å². The average Bonchev–Trinajstić information content (AvgIpc) is 1.63. The Kier molecular flexibility index (Phi) is 25.4. The van der Waals surface area contributed by atoms with Gasteiger partial charge in [-0.3, -0.25) is 76.9 Å². The summed E-state index contributed by atoms with van der Waals surface area (Å²) in [6, 6.07) is 1.69. The van der Waals surface area contributed by atoms with Crippen LogP contribution in [0.25, 0.3) is 10.9 Å². The number of nitrogens with one attached hydrogen (secondary N) is 12. The lowest BCUT2D eigenvalue weighted by Crippen LogP contribution is -2.61. The number of hydrogen-bond donors (Lipinski definition) is 14. The van der Waals surface area contributed by atoms with Crippen LogP contribution in [0.2, 0.25) is 0 Å². The maximum absolute atomic E-state index is 15.0. The number of amides is 14. The monoisotopic (exact) mass is 1330 g/mol. The fourth-order valence-electron chi connectivity index (χ4n) is 10.8. The van der Waals surface area contributed by atoms with Gasteiger partial charge in [-0.1, -0.05) is 78.3 Å². The molecule has 14 amide bonds. The topological polar surface area (TPSA) is 443 Å². The van der Waals surface area contributed by atoms with Crippen LogP contribution < -0.4 is 58.6 Å². The van der Waals surface area contributed by atoms with Gasteiger partial charge in [0.15, 0.2) is 0 Å². The summed E-state index contributed by atoms with van der Waals surface area (Å²) in [7, 11) is 0. The number of carbonyl (C=O) groups excluding carboxylic acids is 14. The molecule has 7 rings (SSSR count). The van der Waals surface area contributed by atoms with Crippen molar-refractivity contribution in [2.24, 2.45) is 23.7 Å². The number of rotatable bonds is 19. The number of hydroxylamine groups is 1. The number of aliphatic hydroxyl groups excluding tert-OH is 2. The van der Waals surface area contributed by atoms with Gasteiger partial charge in [-0.15, -0.1) is 11.8 Å². The van der Waals surface area contributed by atoms with Crippen LogP contribution in [0.15, 0.2) is 65.7 Å². The molecule has 508 valence electrons. The maximum atomic E-state index is 15.0. The molecule has 94 heavy (non-hydrogen) atoms. The Labute approximate surface area is 545 Å². The quantitative estimate of drug-likeness (QED) is 0.0429. The summed E-state index contributed by atoms with van der Waals surface area (Å²) in [6.07, 6.45) is -0.533. The van der Waals surface area contributed by atoms with Gasteiger partial charge in [0.05, 0.1) is 37.2 Å². The van der Waals surface area contributed by atoms with Crippen LogP contribution in [0.1, 0.15) is 85.3 Å². The largest absolute Gasteiger partial charge is 0.396 e. The number of nitrogens with zero attached hydrogens (tertiary/aromatic N) is 2. The smallest absolute Gasteiger partial charge is 0.253 e. The maximum Gasteiger partial charge on any atom is 0.253 e. The predicted molar refractivity (Wildman–Crippen MR) is 337 cm³/mol. The van der Waals surface area contributed by atoms with E-state index in [-0.39, 0.29) is 38.2 Å². The first-order valence-corrected chi connectivity index (χ1v) is 32.0. The first kappa shape index (κ1) is 72.2. The fraction of sp³-hybridized carbons (Fsp3) is 0.516. The average molecular weight is 1330 g/mol. The molecule has 2 bridgehead atoms. The number of aromatic nitrogens is 1. The number of para-hydroxylation sites is 1. The summed E-state index contributed by atoms with van der Waals surface area (Å²) in [6.45, 7) is 8.64. The van der Waals surface area contributed by atoms with Crippen LogP contribution in [-0.4, -0.2) is 201 Å². The van der Waals surface area contributed by atoms with Gasteiger partial charge < -0.3 is 73.3 Å². The minimum Gasteiger partial charge on any atom is -0.396 e. The molecule has 5 heterocycles. The first-order chi connectivity index (χ1) is 44.7. The van der Waals surface area contributed by atoms with Crippen molar-refractivity contribution in [1.29, 1.82) is 0 Å². The third-order valence-electron chi connectivity index (χ3n) is 16.8. The number of imide groups is 1. The first-order valence-electron chi connectivity index (χ1n) is 31.0. The Balaban J connectivity index is 1.11. The van der Waals surface area contributed by atoms with Gasteiger partial charge in [-0.2, -0.15) is 0 Å². The minimum atomic E-state index is -1.85. The number of aromatic amines is 1. The summed E-state index contributed by atoms with van der Waals surface area (Å²) in [5, 5.41) is 48.5. The van der Waals surface area contributed by atoms with Crippen LogP contribution in [-0.2, 0) is 85.0 Å². The minimum absolute atomic E-state index is 0.190. The molecule has 0 saturated carbocycles. The number of thioether (sulfide) groups is 1. The van der Waals surface area contributed by atoms with E-state index in [1.807, 2.05) is 0 Å². The van der Waals surface area contributed by atoms with Crippen LogP contribution in [0.5, 0.6) is 0 Å². The molecular formula is C62H82N14O17S. The van der Waals surface area contributed by atoms with Gasteiger partial charge in [-0.25, -0.2) is 5.48 Å². The summed E-state index contributed by atoms with van der Waals surface area (Å²) in [5.41, 5.74) is 3.99. The van der Waals surface area contributed by atoms with Crippen molar-refractivity contribution < 1.29 is 82.2 Å². The van der Waals surface area contributed by atoms with E-state index in [0.29, 0.717) is 39.2 Å². The van der Waals surface area contributed by atoms with E-state index in [9.17, 15) is 77.3 Å². The molecule has 0 radical (unpaired) electrons. The Morgan fingerprint density at radius 1 is 0.723 bits per heavy atom. The molecule has 0 spiro atoms. The van der Waals surface area contributed by atoms with Gasteiger partial charge in [0.25, 0.3) is 11.8 Å². The van der Waals surface area contributed by atoms with E-state index in [0.717, 1.165) is 33.7 Å². The number of H-pyrrole nitrogens is 1. The van der Waals surface area contributed by atoms with E-state index < -0.39 is 193 Å². The number of benzene rings is 2. The lowest BCUT2D eigenvalue weighted by atomic mass is 9.88. The zero-order valence-electron chi connectivity index (χ0n) is 53.1. The van der Waals surface area contributed by atoms with E-state index in [1.54, 1.807) is 77.9 Å². The Morgan fingerprint density at radius 2 is 1.39 bits per heavy atom. The van der Waals surface area contributed by atoms with Crippen LogP contribution in [0.3, 0.4) is 0 Å². The number of hydrogen-bond acceptors (Lipinski definition) is 18. The molecule has 4 aliphatic heterocycles. The third-order valence-corrected chi connectivity index (χ3v) is 17.9. The van der Waals surface area contributed by atoms with Gasteiger partial charge in [0, 0.05) is 73.5 Å². The van der Waals surface area contributed by atoms with Crippen LogP contribution in [0.4, 0.5) is 5.69 Å². The van der Waals surface area contributed by atoms with Crippen molar-refractivity contribution in [2.75, 3.05) is 43.9 Å². The number of carbonyl (C=O) groups is 14. The van der Waals surface area contributed by atoms with Gasteiger partial charge >= 0.3 is 0 Å². The molecule has 2 aromatic carbocycles. The summed E-state index contributed by atoms with van der Waals surface area (Å²) in [5.74, 6) is -13.9. The molecule has 31 nitrogen and oxygen atoms in total. The fourth-order valence-corrected chi connectivity index (χ4v) is 11.9. The zero-order valence-corrected chi connectivity index (χ0v) is 53.9. The highest BCUT2D eigenvalue weighted by Crippen LogP contribution is 2.32. The molecule has 3 unspecified atom stereocenters. The van der Waals surface area contributed by atoms with Crippen molar-refractivity contribution in [3.63, 3.8) is 0 Å². The lowest BCUT2D eigenvalue weighted by molar-refractivity contribution is -0.145. The van der Waals surface area contributed by atoms with Crippen LogP contribution in [0, 0.1) is 23.7 Å². The molecular weight excluding hydrogens is 1240 g/mol. The van der Waals surface area contributed by atoms with E-state index in [1.165, 1.54) is 19.1 Å². The second-order valence-electron chi connectivity index (χ2n) is 24.1. The molecule has 1 aromatic heterocycles. The molecule has 1 saturated heterocycles. The predicted octanol–water partition coefficient (Wildman–Crippen LogP) is -2.70. The molecule has 3 aromatic rings. The second kappa shape index (κ2) is 33.0. The number of fused-ring (bicyclic) bond motifs is 5. The van der Waals surface area contributed by atoms with E-state index in [4.69, 9.17) is 4.84 Å². The highest BCUT2D eigenvalue weighted by Gasteiger charge is 2.45. The SMILES string of the molecule is CC[C@H](C)[C@@H]1NC(=O)CNC(=O)C2Cc3c([nH]c4ccccc34)SCC(NC(=O)CNC1=O)C(=O)N[C@@H](CC(=O)NOCc1ccc(NC(=O)[C@H](C)NC(=O)C(NC(=O)CCN3C(=O)C=CC3=O)C(C)C)cc1)C(=O)N1C[C@H](O)C[C@H]1C(=O)N[C@@H]([C@@H](C)[C@@H](C)CO)C(=O)N2. The highest BCUT2D eigenvalue weighted by molar-refractivity contribution is 7.99. The standard InChI is InChI=1S/C62H82N14O17S/c1-8-31(4)52-58(89)64-24-47(81)67-43-29-94-61-39(38-11-9-10-12-40(38)70-61)22-41(55(86)63-25-48(82)72-52)68-60(91)53(33(6)32(5)27-77)73-57(88)44-21-37(78)26-76(44)62(92)42(69-56(43)87)23-46(80)74-93-28-35-13-15-36(16-14-35)66-54(85)34(7)65-59(90)51(30(2)3)71-45(79)19-20-75-49(83)17-18-50(75)84/h9-18,30-34,37,41-44,51-53,70,77-78H,8,19-29H2,1-7H3,(H,63,86)(H,64,89)(H,65,90)(H,66,85)(H,67,81)(H,68,91)(H,69,87)(H,71,79)(H,72,82)(H,73,88)(H,74,80)/t31-,32-,33-,34-,37+,41?,42-,43?,44-,51?,52-,53-/m0/s1. The zero-order chi connectivity index (χ0) is 68.7. The molecule has 14 N–H and O–H groups in total. The Hall–Kier alpha value is -9.27. The van der Waals surface area contributed by atoms with E-state index >= 15 is 0 Å². The lowest BCUT2D eigenvalue weighted by Gasteiger charge is -2.33. The summed E-state index contributed by atoms with van der Waals surface area (Å²) in [4.78, 5) is 203. The second-order valence-corrected chi connectivity index (χ2v) is 25.2. The van der Waals surface area contributed by atoms with E-state index in [2.05, 4.69) is 63.6 Å². The summed E-state index contributed by atoms with van der Waals surface area (Å²) >= 11 is 1.01. The molecule has 1 fully saturated rings. The molecule has 0 aliphatic carbocycles. The highest BCUT2D eigenvalue weighted by atomic mass is 32.2. The van der Waals surface area contributed by atoms with Gasteiger partial charge in [0.2, 0.25) is 70.9 Å². The molecule has 4 aliphatic rings. The molecule has 12 atom stereocenters. The number of anilines is 1. The number of aliphatic hydroxyl groups is 2. The Morgan fingerprint density at radius 3 is 2.06 bits per heavy atom. The Bertz CT molecular complexity index is 3400. The van der Waals surface area contributed by atoms with Crippen molar-refractivity contribution in [1.82, 2.24) is 68.1 Å². The summed E-state index contributed by atoms with van der Waals surface area (Å²) < 4.78 is 0. The molecule has 32 heteroatoms. The normalized spacial score (nSPS) is 23.6.